The van der Waals surface area contributed by atoms with Gasteiger partial charge in [-0.3, -0.25) is 14.7 Å². The van der Waals surface area contributed by atoms with E-state index < -0.39 is 0 Å². The van der Waals surface area contributed by atoms with Gasteiger partial charge < -0.3 is 5.32 Å². The SMILES string of the molecule is CC(C)=CCN1CCC(NC(=O)c2cc3cc(Cl)ccc3nc2C)CC1. The van der Waals surface area contributed by atoms with Gasteiger partial charge in [-0.15, -0.1) is 0 Å². The number of pyridine rings is 1. The van der Waals surface area contributed by atoms with Crippen LogP contribution in [0.1, 0.15) is 42.7 Å². The second kappa shape index (κ2) is 8.19. The number of allylic oxidation sites excluding steroid dienone is 1. The summed E-state index contributed by atoms with van der Waals surface area (Å²) in [7, 11) is 0. The molecule has 0 aliphatic carbocycles. The number of rotatable bonds is 4. The van der Waals surface area contributed by atoms with Crippen molar-refractivity contribution in [2.45, 2.75) is 39.7 Å². The molecule has 1 aliphatic heterocycles. The number of piperidine rings is 1. The minimum Gasteiger partial charge on any atom is -0.349 e. The predicted octanol–water partition coefficient (Wildman–Crippen LogP) is 4.36. The minimum atomic E-state index is -0.0420. The fourth-order valence-corrected chi connectivity index (χ4v) is 3.49. The van der Waals surface area contributed by atoms with Gasteiger partial charge in [-0.2, -0.15) is 0 Å². The molecule has 0 unspecified atom stereocenters. The molecule has 2 heterocycles. The zero-order valence-corrected chi connectivity index (χ0v) is 16.4. The Morgan fingerprint density at radius 3 is 2.73 bits per heavy atom. The quantitative estimate of drug-likeness (QED) is 0.812. The molecule has 1 saturated heterocycles. The van der Waals surface area contributed by atoms with E-state index in [2.05, 4.69) is 35.1 Å². The Balaban J connectivity index is 1.64. The average molecular weight is 372 g/mol. The Labute approximate surface area is 160 Å². The van der Waals surface area contributed by atoms with Gasteiger partial charge >= 0.3 is 0 Å². The van der Waals surface area contributed by atoms with Crippen molar-refractivity contribution in [3.05, 3.63) is 52.2 Å². The molecule has 1 aromatic heterocycles. The molecule has 0 spiro atoms. The summed E-state index contributed by atoms with van der Waals surface area (Å²) < 4.78 is 0. The Hall–Kier alpha value is -1.91. The Morgan fingerprint density at radius 1 is 1.31 bits per heavy atom. The first-order chi connectivity index (χ1) is 12.4. The van der Waals surface area contributed by atoms with Gasteiger partial charge in [0, 0.05) is 36.1 Å². The fraction of sp³-hybridized carbons (Fsp3) is 0.429. The van der Waals surface area contributed by atoms with Crippen molar-refractivity contribution < 1.29 is 4.79 Å². The van der Waals surface area contributed by atoms with Crippen molar-refractivity contribution in [2.75, 3.05) is 19.6 Å². The standard InChI is InChI=1S/C21H26ClN3O/c1-14(2)6-9-25-10-7-18(8-11-25)24-21(26)19-13-16-12-17(22)4-5-20(16)23-15(19)3/h4-6,12-13,18H,7-11H2,1-3H3,(H,24,26). The molecule has 5 heteroatoms. The maximum Gasteiger partial charge on any atom is 0.253 e. The maximum atomic E-state index is 12.8. The lowest BCUT2D eigenvalue weighted by atomic mass is 10.0. The molecule has 26 heavy (non-hydrogen) atoms. The third-order valence-electron chi connectivity index (χ3n) is 4.89. The van der Waals surface area contributed by atoms with Gasteiger partial charge in [0.15, 0.2) is 0 Å². The molecule has 1 N–H and O–H groups in total. The van der Waals surface area contributed by atoms with Crippen molar-refractivity contribution in [3.8, 4) is 0 Å². The predicted molar refractivity (Wildman–Crippen MR) is 108 cm³/mol. The van der Waals surface area contributed by atoms with E-state index in [9.17, 15) is 4.79 Å². The number of fused-ring (bicyclic) bond motifs is 1. The first kappa shape index (κ1) is 18.9. The third-order valence-corrected chi connectivity index (χ3v) is 5.13. The summed E-state index contributed by atoms with van der Waals surface area (Å²) in [6.07, 6.45) is 4.22. The molecule has 2 aromatic rings. The molecule has 0 saturated carbocycles. The molecule has 1 aliphatic rings. The lowest BCUT2D eigenvalue weighted by Crippen LogP contribution is -2.44. The van der Waals surface area contributed by atoms with Crippen LogP contribution in [0.4, 0.5) is 0 Å². The first-order valence-corrected chi connectivity index (χ1v) is 9.53. The van der Waals surface area contributed by atoms with Gasteiger partial charge in [-0.1, -0.05) is 23.3 Å². The Bertz CT molecular complexity index is 835. The van der Waals surface area contributed by atoms with Crippen LogP contribution in [0.15, 0.2) is 35.9 Å². The van der Waals surface area contributed by atoms with E-state index in [-0.39, 0.29) is 11.9 Å². The van der Waals surface area contributed by atoms with E-state index in [0.29, 0.717) is 10.6 Å². The number of benzene rings is 1. The summed E-state index contributed by atoms with van der Waals surface area (Å²) in [5.74, 6) is -0.0420. The number of aromatic nitrogens is 1. The van der Waals surface area contributed by atoms with Crippen LogP contribution in [0, 0.1) is 6.92 Å². The largest absolute Gasteiger partial charge is 0.349 e. The number of hydrogen-bond acceptors (Lipinski definition) is 3. The van der Waals surface area contributed by atoms with E-state index in [1.807, 2.05) is 31.2 Å². The summed E-state index contributed by atoms with van der Waals surface area (Å²) in [6, 6.07) is 7.66. The number of nitrogens with zero attached hydrogens (tertiary/aromatic N) is 2. The normalized spacial score (nSPS) is 15.8. The van der Waals surface area contributed by atoms with Crippen LogP contribution in [0.5, 0.6) is 0 Å². The second-order valence-electron chi connectivity index (χ2n) is 7.29. The molecule has 1 fully saturated rings. The van der Waals surface area contributed by atoms with Crippen LogP contribution in [-0.4, -0.2) is 41.5 Å². The molecule has 0 bridgehead atoms. The van der Waals surface area contributed by atoms with Crippen LogP contribution in [-0.2, 0) is 0 Å². The maximum absolute atomic E-state index is 12.8. The van der Waals surface area contributed by atoms with Crippen molar-refractivity contribution in [3.63, 3.8) is 0 Å². The van der Waals surface area contributed by atoms with Crippen LogP contribution in [0.25, 0.3) is 10.9 Å². The van der Waals surface area contributed by atoms with Crippen LogP contribution in [0.3, 0.4) is 0 Å². The van der Waals surface area contributed by atoms with E-state index in [4.69, 9.17) is 11.6 Å². The van der Waals surface area contributed by atoms with E-state index in [1.54, 1.807) is 0 Å². The molecule has 138 valence electrons. The summed E-state index contributed by atoms with van der Waals surface area (Å²) in [4.78, 5) is 19.7. The number of carbonyl (C=O) groups excluding carboxylic acids is 1. The highest BCUT2D eigenvalue weighted by molar-refractivity contribution is 6.31. The zero-order valence-electron chi connectivity index (χ0n) is 15.7. The van der Waals surface area contributed by atoms with Crippen LogP contribution in [0.2, 0.25) is 5.02 Å². The number of carbonyl (C=O) groups is 1. The van der Waals surface area contributed by atoms with Crippen molar-refractivity contribution in [2.24, 2.45) is 0 Å². The lowest BCUT2D eigenvalue weighted by molar-refractivity contribution is 0.0913. The molecular weight excluding hydrogens is 346 g/mol. The van der Waals surface area contributed by atoms with Gasteiger partial charge in [0.1, 0.15) is 0 Å². The lowest BCUT2D eigenvalue weighted by Gasteiger charge is -2.31. The summed E-state index contributed by atoms with van der Waals surface area (Å²) >= 11 is 6.07. The fourth-order valence-electron chi connectivity index (χ4n) is 3.31. The van der Waals surface area contributed by atoms with Crippen LogP contribution < -0.4 is 5.32 Å². The molecule has 1 aromatic carbocycles. The molecule has 0 radical (unpaired) electrons. The topological polar surface area (TPSA) is 45.2 Å². The molecule has 3 rings (SSSR count). The van der Waals surface area contributed by atoms with Crippen molar-refractivity contribution in [1.82, 2.24) is 15.2 Å². The number of halogens is 1. The third kappa shape index (κ3) is 4.63. The van der Waals surface area contributed by atoms with Gasteiger partial charge in [0.25, 0.3) is 5.91 Å². The summed E-state index contributed by atoms with van der Waals surface area (Å²) in [5, 5.41) is 4.73. The first-order valence-electron chi connectivity index (χ1n) is 9.16. The highest BCUT2D eigenvalue weighted by Gasteiger charge is 2.21. The Kier molecular flexibility index (Phi) is 5.94. The number of amides is 1. The van der Waals surface area contributed by atoms with Gasteiger partial charge in [0.2, 0.25) is 0 Å². The van der Waals surface area contributed by atoms with Crippen molar-refractivity contribution in [1.29, 1.82) is 0 Å². The van der Waals surface area contributed by atoms with E-state index >= 15 is 0 Å². The second-order valence-corrected chi connectivity index (χ2v) is 7.72. The van der Waals surface area contributed by atoms with E-state index in [1.165, 1.54) is 5.57 Å². The molecule has 4 nitrogen and oxygen atoms in total. The molecule has 0 atom stereocenters. The molecular formula is C21H26ClN3O. The number of likely N-dealkylation sites (tertiary alicyclic amines) is 1. The number of aryl methyl sites for hydroxylation is 1. The number of nitrogens with one attached hydrogen (secondary N) is 1. The average Bonchev–Trinajstić information content (AvgIpc) is 2.60. The number of hydrogen-bond donors (Lipinski definition) is 1. The molecule has 1 amide bonds. The summed E-state index contributed by atoms with van der Waals surface area (Å²) in [6.45, 7) is 9.15. The monoisotopic (exact) mass is 371 g/mol. The van der Waals surface area contributed by atoms with Gasteiger partial charge in [-0.25, -0.2) is 0 Å². The highest BCUT2D eigenvalue weighted by atomic mass is 35.5. The van der Waals surface area contributed by atoms with Gasteiger partial charge in [-0.05, 0) is 57.9 Å². The van der Waals surface area contributed by atoms with Crippen molar-refractivity contribution >= 4 is 28.4 Å². The minimum absolute atomic E-state index is 0.0420. The zero-order chi connectivity index (χ0) is 18.7. The van der Waals surface area contributed by atoms with Crippen LogP contribution >= 0.6 is 11.6 Å². The smallest absolute Gasteiger partial charge is 0.253 e. The highest BCUT2D eigenvalue weighted by Crippen LogP contribution is 2.21. The van der Waals surface area contributed by atoms with Gasteiger partial charge in [0.05, 0.1) is 16.8 Å². The van der Waals surface area contributed by atoms with E-state index in [0.717, 1.165) is 49.1 Å². The Morgan fingerprint density at radius 2 is 2.04 bits per heavy atom. The summed E-state index contributed by atoms with van der Waals surface area (Å²) in [5.41, 5.74) is 3.58.